The highest BCUT2D eigenvalue weighted by atomic mass is 35.5. The van der Waals surface area contributed by atoms with Crippen LogP contribution in [0.5, 0.6) is 0 Å². The van der Waals surface area contributed by atoms with Crippen LogP contribution in [0, 0.1) is 23.7 Å². The summed E-state index contributed by atoms with van der Waals surface area (Å²) >= 11 is 24.3. The number of esters is 2. The number of hydrogen-bond acceptors (Lipinski definition) is 12. The van der Waals surface area contributed by atoms with Crippen molar-refractivity contribution < 1.29 is 19.1 Å². The van der Waals surface area contributed by atoms with Gasteiger partial charge in [0.2, 0.25) is 0 Å². The fourth-order valence-electron chi connectivity index (χ4n) is 9.57. The molecule has 6 nitrogen and oxygen atoms in total. The SMILES string of the molecule is CCN(CC)CC#CCCC1(C2(OC(=O)C(=O)OC3(C4(CCC#CCN(CC)CC)SCCCS4)c4ccccc4Sc4ccc(Cl)cc43)c3ccccc3Sc3ccc(Cl)cc32)SCCCS1. The van der Waals surface area contributed by atoms with Crippen molar-refractivity contribution in [2.24, 2.45) is 0 Å². The van der Waals surface area contributed by atoms with Crippen LogP contribution in [0.1, 0.15) is 88.5 Å². The number of nitrogens with zero attached hydrogens (tertiary/aromatic N) is 2. The molecule has 2 unspecified atom stereocenters. The Morgan fingerprint density at radius 1 is 0.529 bits per heavy atom. The van der Waals surface area contributed by atoms with E-state index in [2.05, 4.69) is 73.3 Å². The monoisotopic (exact) mass is 1060 g/mol. The molecule has 2 saturated heterocycles. The maximum atomic E-state index is 15.7. The molecule has 4 aromatic rings. The standard InChI is InChI=1S/C54H58Cl2N2O4S6/c1-5-57(6-2)31-17-9-15-29-51(63-33-19-34-64-51)53(41-21-11-13-23-45(41)67-47-27-25-39(55)37-43(47)53)61-49(59)50(60)62-54(42-22-12-14-24-46(42)68-48-28-26-40(56)38-44(48)54)52(65-35-20-36-66-52)30-16-10-18-32-58(7-3)8-4/h11-14,21-28,37-38H,5-8,15-16,19-20,29-36H2,1-4H3. The van der Waals surface area contributed by atoms with Crippen molar-refractivity contribution in [3.63, 3.8) is 0 Å². The molecule has 4 aromatic carbocycles. The van der Waals surface area contributed by atoms with Gasteiger partial charge in [0.05, 0.1) is 13.1 Å². The second kappa shape index (κ2) is 23.4. The zero-order valence-electron chi connectivity index (χ0n) is 39.1. The van der Waals surface area contributed by atoms with E-state index in [1.54, 1.807) is 70.6 Å². The van der Waals surface area contributed by atoms with Gasteiger partial charge in [-0.25, -0.2) is 9.59 Å². The summed E-state index contributed by atoms with van der Waals surface area (Å²) in [5, 5.41) is 1.04. The molecule has 4 aliphatic rings. The van der Waals surface area contributed by atoms with Gasteiger partial charge in [0.1, 0.15) is 8.16 Å². The van der Waals surface area contributed by atoms with Crippen molar-refractivity contribution in [1.29, 1.82) is 0 Å². The zero-order valence-corrected chi connectivity index (χ0v) is 45.5. The third-order valence-electron chi connectivity index (χ3n) is 13.1. The maximum absolute atomic E-state index is 15.7. The molecule has 4 heterocycles. The molecule has 0 radical (unpaired) electrons. The Morgan fingerprint density at radius 2 is 0.897 bits per heavy atom. The summed E-state index contributed by atoms with van der Waals surface area (Å²) in [6.45, 7) is 13.7. The first-order chi connectivity index (χ1) is 33.1. The minimum Gasteiger partial charge on any atom is -0.438 e. The molecule has 2 fully saturated rings. The van der Waals surface area contributed by atoms with E-state index in [4.69, 9.17) is 32.7 Å². The van der Waals surface area contributed by atoms with E-state index in [0.717, 1.165) is 104 Å². The van der Waals surface area contributed by atoms with Gasteiger partial charge < -0.3 is 9.47 Å². The number of rotatable bonds is 14. The highest BCUT2D eigenvalue weighted by Crippen LogP contribution is 2.67. The summed E-state index contributed by atoms with van der Waals surface area (Å²) < 4.78 is 12.9. The van der Waals surface area contributed by atoms with E-state index in [9.17, 15) is 0 Å². The Bertz CT molecular complexity index is 2410. The number of hydrogen-bond donors (Lipinski definition) is 0. The fraction of sp³-hybridized carbons (Fsp3) is 0.444. The molecule has 2 atom stereocenters. The lowest BCUT2D eigenvalue weighted by atomic mass is 9.79. The number of carbonyl (C=O) groups excluding carboxylic acids is 2. The van der Waals surface area contributed by atoms with Crippen LogP contribution in [-0.4, -0.2) is 92.2 Å². The third kappa shape index (κ3) is 10.3. The number of ether oxygens (including phenoxy) is 2. The lowest BCUT2D eigenvalue weighted by Crippen LogP contribution is -2.57. The molecule has 0 aromatic heterocycles. The van der Waals surface area contributed by atoms with Crippen LogP contribution in [0.3, 0.4) is 0 Å². The second-order valence-electron chi connectivity index (χ2n) is 16.9. The molecular formula is C54H58Cl2N2O4S6. The van der Waals surface area contributed by atoms with Gasteiger partial charge in [-0.2, -0.15) is 0 Å². The van der Waals surface area contributed by atoms with Gasteiger partial charge in [-0.15, -0.1) is 58.9 Å². The van der Waals surface area contributed by atoms with Crippen LogP contribution in [0.15, 0.2) is 105 Å². The molecule has 14 heteroatoms. The van der Waals surface area contributed by atoms with Gasteiger partial charge in [0.25, 0.3) is 0 Å². The van der Waals surface area contributed by atoms with Crippen molar-refractivity contribution >= 4 is 106 Å². The van der Waals surface area contributed by atoms with Crippen LogP contribution < -0.4 is 0 Å². The van der Waals surface area contributed by atoms with E-state index >= 15 is 9.59 Å². The summed E-state index contributed by atoms with van der Waals surface area (Å²) in [5.74, 6) is 15.1. The van der Waals surface area contributed by atoms with E-state index in [-0.39, 0.29) is 0 Å². The van der Waals surface area contributed by atoms with Crippen LogP contribution in [0.25, 0.3) is 0 Å². The average molecular weight is 1060 g/mol. The minimum atomic E-state index is -1.46. The van der Waals surface area contributed by atoms with E-state index < -0.39 is 31.3 Å². The highest BCUT2D eigenvalue weighted by Gasteiger charge is 2.64. The Labute approximate surface area is 439 Å². The van der Waals surface area contributed by atoms with Crippen LogP contribution in [-0.2, 0) is 30.3 Å². The number of fused-ring (bicyclic) bond motifs is 4. The molecule has 358 valence electrons. The molecule has 0 bridgehead atoms. The summed E-state index contributed by atoms with van der Waals surface area (Å²) in [4.78, 5) is 39.7. The molecule has 0 aliphatic carbocycles. The van der Waals surface area contributed by atoms with Gasteiger partial charge >= 0.3 is 11.9 Å². The highest BCUT2D eigenvalue weighted by molar-refractivity contribution is 8.19. The van der Waals surface area contributed by atoms with Crippen LogP contribution in [0.2, 0.25) is 10.0 Å². The van der Waals surface area contributed by atoms with Crippen molar-refractivity contribution in [1.82, 2.24) is 9.80 Å². The van der Waals surface area contributed by atoms with Crippen LogP contribution >= 0.6 is 93.8 Å². The largest absolute Gasteiger partial charge is 0.438 e. The molecule has 0 amide bonds. The first-order valence-electron chi connectivity index (χ1n) is 23.6. The van der Waals surface area contributed by atoms with Crippen molar-refractivity contribution in [3.8, 4) is 23.7 Å². The predicted octanol–water partition coefficient (Wildman–Crippen LogP) is 13.6. The van der Waals surface area contributed by atoms with Gasteiger partial charge in [-0.3, -0.25) is 9.80 Å². The number of thioether (sulfide) groups is 4. The van der Waals surface area contributed by atoms with E-state index in [0.29, 0.717) is 48.8 Å². The molecule has 4 aliphatic heterocycles. The van der Waals surface area contributed by atoms with Crippen molar-refractivity contribution in [3.05, 3.63) is 117 Å². The Morgan fingerprint density at radius 3 is 1.28 bits per heavy atom. The van der Waals surface area contributed by atoms with Gasteiger partial charge in [0, 0.05) is 64.7 Å². The summed E-state index contributed by atoms with van der Waals surface area (Å²) in [7, 11) is 0. The van der Waals surface area contributed by atoms with E-state index in [1.165, 1.54) is 0 Å². The fourth-order valence-corrected chi connectivity index (χ4v) is 19.6. The average Bonchev–Trinajstić information content (AvgIpc) is 3.36. The van der Waals surface area contributed by atoms with E-state index in [1.807, 2.05) is 72.8 Å². The van der Waals surface area contributed by atoms with Crippen molar-refractivity contribution in [2.75, 3.05) is 62.3 Å². The van der Waals surface area contributed by atoms with Gasteiger partial charge in [-0.05, 0) is 123 Å². The van der Waals surface area contributed by atoms with Crippen LogP contribution in [0.4, 0.5) is 0 Å². The topological polar surface area (TPSA) is 59.1 Å². The predicted molar refractivity (Wildman–Crippen MR) is 292 cm³/mol. The Hall–Kier alpha value is -2.46. The normalized spacial score (nSPS) is 20.9. The number of benzene rings is 4. The Kier molecular flexibility index (Phi) is 17.8. The number of halogens is 2. The smallest absolute Gasteiger partial charge is 0.418 e. The van der Waals surface area contributed by atoms with Crippen molar-refractivity contribution in [2.45, 2.75) is 105 Å². The molecule has 0 spiro atoms. The zero-order chi connectivity index (χ0) is 47.8. The second-order valence-corrected chi connectivity index (χ2v) is 26.0. The first-order valence-corrected chi connectivity index (χ1v) is 29.9. The molecule has 0 saturated carbocycles. The quantitative estimate of drug-likeness (QED) is 0.0687. The third-order valence-corrected chi connectivity index (χ3v) is 23.1. The number of carbonyl (C=O) groups is 2. The lowest BCUT2D eigenvalue weighted by molar-refractivity contribution is -0.185. The lowest BCUT2D eigenvalue weighted by Gasteiger charge is -2.54. The molecular weight excluding hydrogens is 1000 g/mol. The van der Waals surface area contributed by atoms with Gasteiger partial charge in [0.15, 0.2) is 11.2 Å². The molecule has 0 N–H and O–H groups in total. The Balaban J connectivity index is 1.27. The summed E-state index contributed by atoms with van der Waals surface area (Å²) in [6, 6.07) is 27.9. The maximum Gasteiger partial charge on any atom is 0.418 e. The minimum absolute atomic E-state index is 0.518. The summed E-state index contributed by atoms with van der Waals surface area (Å²) in [6.07, 6.45) is 4.31. The molecule has 8 rings (SSSR count). The summed E-state index contributed by atoms with van der Waals surface area (Å²) in [5.41, 5.74) is 0.256. The first kappa shape index (κ1) is 51.9. The van der Waals surface area contributed by atoms with Gasteiger partial charge in [-0.1, -0.05) is 123 Å². The molecule has 68 heavy (non-hydrogen) atoms.